The number of aromatic nitrogens is 2. The third-order valence-corrected chi connectivity index (χ3v) is 2.63. The molecular formula is C10H14N2O3. The van der Waals surface area contributed by atoms with Crippen molar-refractivity contribution in [1.29, 1.82) is 0 Å². The second-order valence-corrected chi connectivity index (χ2v) is 3.85. The Kier molecular flexibility index (Phi) is 2.73. The van der Waals surface area contributed by atoms with E-state index in [0.29, 0.717) is 6.54 Å². The number of hydrogen-bond acceptors (Lipinski definition) is 3. The molecule has 15 heavy (non-hydrogen) atoms. The molecule has 1 aromatic rings. The van der Waals surface area contributed by atoms with Gasteiger partial charge in [-0.15, -0.1) is 0 Å². The second-order valence-electron chi connectivity index (χ2n) is 3.85. The molecule has 0 radical (unpaired) electrons. The molecule has 2 heterocycles. The molecule has 1 fully saturated rings. The van der Waals surface area contributed by atoms with E-state index in [-0.39, 0.29) is 17.9 Å². The van der Waals surface area contributed by atoms with E-state index < -0.39 is 5.97 Å². The fraction of sp³-hybridized carbons (Fsp3) is 0.600. The summed E-state index contributed by atoms with van der Waals surface area (Å²) in [5, 5.41) is 12.9. The highest BCUT2D eigenvalue weighted by atomic mass is 16.5. The van der Waals surface area contributed by atoms with Crippen LogP contribution in [0.1, 0.15) is 30.3 Å². The van der Waals surface area contributed by atoms with Crippen molar-refractivity contribution in [2.45, 2.75) is 38.5 Å². The molecule has 2 rings (SSSR count). The Balaban J connectivity index is 2.04. The van der Waals surface area contributed by atoms with Gasteiger partial charge in [-0.3, -0.25) is 4.68 Å². The van der Waals surface area contributed by atoms with Crippen LogP contribution in [0.5, 0.6) is 0 Å². The van der Waals surface area contributed by atoms with E-state index in [0.717, 1.165) is 12.8 Å². The molecular weight excluding hydrogens is 196 g/mol. The number of ether oxygens (including phenoxy) is 1. The first-order valence-electron chi connectivity index (χ1n) is 5.07. The molecule has 0 aliphatic carbocycles. The fourth-order valence-corrected chi connectivity index (χ4v) is 1.87. The van der Waals surface area contributed by atoms with Gasteiger partial charge in [0.25, 0.3) is 0 Å². The second kappa shape index (κ2) is 4.02. The number of carbonyl (C=O) groups is 1. The average Bonchev–Trinajstić information content (AvgIpc) is 2.75. The van der Waals surface area contributed by atoms with Gasteiger partial charge in [0.1, 0.15) is 5.69 Å². The third kappa shape index (κ3) is 2.18. The minimum Gasteiger partial charge on any atom is -0.477 e. The van der Waals surface area contributed by atoms with Gasteiger partial charge in [0.05, 0.1) is 18.8 Å². The molecule has 1 saturated heterocycles. The highest BCUT2D eigenvalue weighted by Crippen LogP contribution is 2.20. The van der Waals surface area contributed by atoms with Crippen LogP contribution in [-0.4, -0.2) is 33.1 Å². The van der Waals surface area contributed by atoms with Crippen LogP contribution in [0.3, 0.4) is 0 Å². The van der Waals surface area contributed by atoms with E-state index in [9.17, 15) is 4.79 Å². The maximum atomic E-state index is 10.8. The van der Waals surface area contributed by atoms with Crippen LogP contribution in [0, 0.1) is 0 Å². The summed E-state index contributed by atoms with van der Waals surface area (Å²) in [6.07, 6.45) is 3.88. The lowest BCUT2D eigenvalue weighted by Crippen LogP contribution is -2.20. The van der Waals surface area contributed by atoms with Crippen molar-refractivity contribution in [2.24, 2.45) is 0 Å². The van der Waals surface area contributed by atoms with Crippen LogP contribution in [0.2, 0.25) is 0 Å². The lowest BCUT2D eigenvalue weighted by Gasteiger charge is -2.12. The number of carboxylic acids is 1. The van der Waals surface area contributed by atoms with E-state index >= 15 is 0 Å². The molecule has 1 aromatic heterocycles. The van der Waals surface area contributed by atoms with Crippen molar-refractivity contribution >= 4 is 5.97 Å². The molecule has 1 aliphatic heterocycles. The van der Waals surface area contributed by atoms with Gasteiger partial charge in [-0.1, -0.05) is 0 Å². The Bertz CT molecular complexity index is 361. The zero-order valence-corrected chi connectivity index (χ0v) is 8.59. The van der Waals surface area contributed by atoms with Gasteiger partial charge >= 0.3 is 5.97 Å². The molecule has 5 heteroatoms. The summed E-state index contributed by atoms with van der Waals surface area (Å²) in [7, 11) is 0. The molecule has 2 unspecified atom stereocenters. The molecule has 1 N–H and O–H groups in total. The van der Waals surface area contributed by atoms with Gasteiger partial charge < -0.3 is 9.84 Å². The summed E-state index contributed by atoms with van der Waals surface area (Å²) >= 11 is 0. The van der Waals surface area contributed by atoms with Gasteiger partial charge in [0, 0.05) is 6.20 Å². The molecule has 0 aromatic carbocycles. The maximum absolute atomic E-state index is 10.8. The van der Waals surface area contributed by atoms with Crippen molar-refractivity contribution in [1.82, 2.24) is 9.78 Å². The lowest BCUT2D eigenvalue weighted by molar-refractivity contribution is 0.0421. The summed E-state index contributed by atoms with van der Waals surface area (Å²) in [5.41, 5.74) is 0.221. The fourth-order valence-electron chi connectivity index (χ4n) is 1.87. The normalized spacial score (nSPS) is 25.7. The SMILES string of the molecule is CC1CCC(Cn2nccc2C(=O)O)O1. The highest BCUT2D eigenvalue weighted by Gasteiger charge is 2.23. The number of aromatic carboxylic acids is 1. The predicted molar refractivity (Wildman–Crippen MR) is 52.8 cm³/mol. The molecule has 2 atom stereocenters. The Morgan fingerprint density at radius 2 is 2.53 bits per heavy atom. The Morgan fingerprint density at radius 1 is 1.73 bits per heavy atom. The van der Waals surface area contributed by atoms with Crippen molar-refractivity contribution in [3.8, 4) is 0 Å². The highest BCUT2D eigenvalue weighted by molar-refractivity contribution is 5.85. The quantitative estimate of drug-likeness (QED) is 0.812. The van der Waals surface area contributed by atoms with Crippen LogP contribution in [0.15, 0.2) is 12.3 Å². The number of rotatable bonds is 3. The van der Waals surface area contributed by atoms with Crippen molar-refractivity contribution in [3.63, 3.8) is 0 Å². The van der Waals surface area contributed by atoms with Crippen molar-refractivity contribution in [3.05, 3.63) is 18.0 Å². The maximum Gasteiger partial charge on any atom is 0.354 e. The average molecular weight is 210 g/mol. The first kappa shape index (κ1) is 10.2. The number of carboxylic acid groups (broad SMARTS) is 1. The predicted octanol–water partition coefficient (Wildman–Crippen LogP) is 1.15. The van der Waals surface area contributed by atoms with Gasteiger partial charge in [-0.05, 0) is 25.8 Å². The van der Waals surface area contributed by atoms with E-state index in [2.05, 4.69) is 5.10 Å². The number of nitrogens with zero attached hydrogens (tertiary/aromatic N) is 2. The van der Waals surface area contributed by atoms with Gasteiger partial charge in [0.2, 0.25) is 0 Å². The summed E-state index contributed by atoms with van der Waals surface area (Å²) in [6, 6.07) is 1.50. The summed E-state index contributed by atoms with van der Waals surface area (Å²) < 4.78 is 7.11. The molecule has 0 spiro atoms. The zero-order chi connectivity index (χ0) is 10.8. The van der Waals surface area contributed by atoms with Crippen molar-refractivity contribution in [2.75, 3.05) is 0 Å². The number of hydrogen-bond donors (Lipinski definition) is 1. The van der Waals surface area contributed by atoms with Gasteiger partial charge in [-0.2, -0.15) is 5.10 Å². The molecule has 0 saturated carbocycles. The topological polar surface area (TPSA) is 64.4 Å². The Labute approximate surface area is 87.7 Å². The van der Waals surface area contributed by atoms with Crippen LogP contribution in [0.4, 0.5) is 0 Å². The first-order valence-corrected chi connectivity index (χ1v) is 5.07. The van der Waals surface area contributed by atoms with Crippen LogP contribution < -0.4 is 0 Å². The zero-order valence-electron chi connectivity index (χ0n) is 8.59. The van der Waals surface area contributed by atoms with E-state index in [1.165, 1.54) is 16.9 Å². The largest absolute Gasteiger partial charge is 0.477 e. The molecule has 5 nitrogen and oxygen atoms in total. The third-order valence-electron chi connectivity index (χ3n) is 2.63. The monoisotopic (exact) mass is 210 g/mol. The van der Waals surface area contributed by atoms with Gasteiger partial charge in [-0.25, -0.2) is 4.79 Å². The summed E-state index contributed by atoms with van der Waals surface area (Å²) in [4.78, 5) is 10.8. The molecule has 82 valence electrons. The van der Waals surface area contributed by atoms with Crippen LogP contribution in [0.25, 0.3) is 0 Å². The lowest BCUT2D eigenvalue weighted by atomic mass is 10.2. The molecule has 0 amide bonds. The Morgan fingerprint density at radius 3 is 3.13 bits per heavy atom. The summed E-state index contributed by atoms with van der Waals surface area (Å²) in [6.45, 7) is 2.56. The van der Waals surface area contributed by atoms with E-state index in [1.54, 1.807) is 0 Å². The minimum atomic E-state index is -0.946. The van der Waals surface area contributed by atoms with Crippen molar-refractivity contribution < 1.29 is 14.6 Å². The van der Waals surface area contributed by atoms with E-state index in [4.69, 9.17) is 9.84 Å². The van der Waals surface area contributed by atoms with Crippen LogP contribution >= 0.6 is 0 Å². The standard InChI is InChI=1S/C10H14N2O3/c1-7-2-3-8(15-7)6-12-9(10(13)14)4-5-11-12/h4-5,7-8H,2-3,6H2,1H3,(H,13,14). The van der Waals surface area contributed by atoms with E-state index in [1.807, 2.05) is 6.92 Å². The smallest absolute Gasteiger partial charge is 0.354 e. The molecule has 1 aliphatic rings. The van der Waals surface area contributed by atoms with Crippen LogP contribution in [-0.2, 0) is 11.3 Å². The molecule has 0 bridgehead atoms. The summed E-state index contributed by atoms with van der Waals surface area (Å²) in [5.74, 6) is -0.946. The first-order chi connectivity index (χ1) is 7.16. The Hall–Kier alpha value is -1.36. The minimum absolute atomic E-state index is 0.0954. The van der Waals surface area contributed by atoms with Gasteiger partial charge in [0.15, 0.2) is 0 Å².